The number of sulfonamides is 1. The fraction of sp³-hybridized carbons (Fsp3) is 0.391. The maximum Gasteiger partial charge on any atom is 0.309 e. The van der Waals surface area contributed by atoms with Crippen LogP contribution in [0, 0.1) is 16.0 Å². The van der Waals surface area contributed by atoms with E-state index in [0.29, 0.717) is 5.92 Å². The average molecular weight is 490 g/mol. The van der Waals surface area contributed by atoms with E-state index in [1.165, 1.54) is 16.4 Å². The zero-order valence-corrected chi connectivity index (χ0v) is 19.8. The molecular weight excluding hydrogens is 462 g/mol. The number of nitro groups is 1. The molecular formula is C23H27N3O7S. The molecule has 0 unspecified atom stereocenters. The molecule has 182 valence electrons. The summed E-state index contributed by atoms with van der Waals surface area (Å²) in [4.78, 5) is 34.6. The maximum atomic E-state index is 12.9. The Labute approximate surface area is 197 Å². The third kappa shape index (κ3) is 5.60. The number of carbonyl (C=O) groups is 2. The van der Waals surface area contributed by atoms with E-state index in [4.69, 9.17) is 10.5 Å². The van der Waals surface area contributed by atoms with E-state index >= 15 is 0 Å². The van der Waals surface area contributed by atoms with Gasteiger partial charge in [-0.15, -0.1) is 0 Å². The molecule has 1 aliphatic rings. The van der Waals surface area contributed by atoms with Crippen LogP contribution in [0.2, 0.25) is 0 Å². The summed E-state index contributed by atoms with van der Waals surface area (Å²) in [5.74, 6) is -1.57. The van der Waals surface area contributed by atoms with Crippen LogP contribution in [0.1, 0.15) is 54.1 Å². The number of piperidine rings is 1. The molecule has 0 atom stereocenters. The number of benzene rings is 2. The van der Waals surface area contributed by atoms with Crippen LogP contribution in [0.25, 0.3) is 0 Å². The third-order valence-corrected chi connectivity index (χ3v) is 7.82. The SMILES string of the molecule is CC(C)c1ccc(S(=O)(=O)N2CCC(C(=O)OCc3ccc(C(N)=O)cc3[N+](=O)[O-])CC2)cc1. The Hall–Kier alpha value is -3.31. The van der Waals surface area contributed by atoms with Crippen molar-refractivity contribution in [3.63, 3.8) is 0 Å². The van der Waals surface area contributed by atoms with Gasteiger partial charge < -0.3 is 10.5 Å². The van der Waals surface area contributed by atoms with Crippen LogP contribution < -0.4 is 5.73 Å². The molecule has 3 rings (SSSR count). The molecule has 1 saturated heterocycles. The van der Waals surface area contributed by atoms with Crippen LogP contribution in [0.4, 0.5) is 5.69 Å². The molecule has 2 aromatic carbocycles. The van der Waals surface area contributed by atoms with Gasteiger partial charge in [-0.2, -0.15) is 4.31 Å². The number of hydrogen-bond donors (Lipinski definition) is 1. The normalized spacial score (nSPS) is 15.3. The van der Waals surface area contributed by atoms with Gasteiger partial charge in [-0.05, 0) is 48.6 Å². The lowest BCUT2D eigenvalue weighted by molar-refractivity contribution is -0.385. The average Bonchev–Trinajstić information content (AvgIpc) is 2.82. The number of amides is 1. The molecule has 0 aliphatic carbocycles. The summed E-state index contributed by atoms with van der Waals surface area (Å²) in [6.07, 6.45) is 0.565. The smallest absolute Gasteiger partial charge is 0.309 e. The van der Waals surface area contributed by atoms with Gasteiger partial charge in [0.15, 0.2) is 0 Å². The molecule has 1 aliphatic heterocycles. The summed E-state index contributed by atoms with van der Waals surface area (Å²) < 4.78 is 32.5. The Balaban J connectivity index is 1.60. The number of carbonyl (C=O) groups excluding carboxylic acids is 2. The van der Waals surface area contributed by atoms with Crippen LogP contribution in [0.15, 0.2) is 47.4 Å². The minimum Gasteiger partial charge on any atom is -0.460 e. The zero-order valence-electron chi connectivity index (χ0n) is 19.0. The Morgan fingerprint density at radius 3 is 2.29 bits per heavy atom. The standard InChI is InChI=1S/C23H27N3O7S/c1-15(2)16-5-7-20(8-6-16)34(31,32)25-11-9-17(10-12-25)23(28)33-14-19-4-3-18(22(24)27)13-21(19)26(29)30/h3-8,13,15,17H,9-12,14H2,1-2H3,(H2,24,27). The van der Waals surface area contributed by atoms with Crippen molar-refractivity contribution in [2.75, 3.05) is 13.1 Å². The molecule has 2 N–H and O–H groups in total. The zero-order chi connectivity index (χ0) is 25.0. The Kier molecular flexibility index (Phi) is 7.68. The molecule has 10 nitrogen and oxygen atoms in total. The van der Waals surface area contributed by atoms with E-state index in [1.54, 1.807) is 24.3 Å². The van der Waals surface area contributed by atoms with Gasteiger partial charge in [0, 0.05) is 24.7 Å². The van der Waals surface area contributed by atoms with Crippen molar-refractivity contribution in [3.05, 3.63) is 69.3 Å². The van der Waals surface area contributed by atoms with E-state index in [9.17, 15) is 28.1 Å². The molecule has 0 radical (unpaired) electrons. The van der Waals surface area contributed by atoms with Gasteiger partial charge in [0.2, 0.25) is 15.9 Å². The Morgan fingerprint density at radius 1 is 1.15 bits per heavy atom. The second kappa shape index (κ2) is 10.3. The number of ether oxygens (including phenoxy) is 1. The van der Waals surface area contributed by atoms with E-state index in [0.717, 1.165) is 11.6 Å². The van der Waals surface area contributed by atoms with Gasteiger partial charge in [0.25, 0.3) is 5.69 Å². The predicted molar refractivity (Wildman–Crippen MR) is 123 cm³/mol. The highest BCUT2D eigenvalue weighted by Crippen LogP contribution is 2.27. The van der Waals surface area contributed by atoms with Gasteiger partial charge in [-0.3, -0.25) is 19.7 Å². The Bertz CT molecular complexity index is 1190. The predicted octanol–water partition coefficient (Wildman–Crippen LogP) is 2.96. The minimum atomic E-state index is -3.67. The quantitative estimate of drug-likeness (QED) is 0.340. The van der Waals surface area contributed by atoms with Crippen molar-refractivity contribution >= 4 is 27.6 Å². The largest absolute Gasteiger partial charge is 0.460 e. The van der Waals surface area contributed by atoms with Crippen LogP contribution in [0.3, 0.4) is 0 Å². The lowest BCUT2D eigenvalue weighted by atomic mass is 9.98. The number of primary amides is 1. The molecule has 1 heterocycles. The topological polar surface area (TPSA) is 150 Å². The molecule has 34 heavy (non-hydrogen) atoms. The molecule has 0 spiro atoms. The van der Waals surface area contributed by atoms with E-state index < -0.39 is 32.7 Å². The highest BCUT2D eigenvalue weighted by molar-refractivity contribution is 7.89. The first-order chi connectivity index (χ1) is 16.0. The van der Waals surface area contributed by atoms with Gasteiger partial charge in [-0.1, -0.05) is 26.0 Å². The number of hydrogen-bond acceptors (Lipinski definition) is 7. The van der Waals surface area contributed by atoms with Crippen molar-refractivity contribution in [1.29, 1.82) is 0 Å². The van der Waals surface area contributed by atoms with Gasteiger partial charge >= 0.3 is 5.97 Å². The second-order valence-electron chi connectivity index (χ2n) is 8.47. The molecule has 1 amide bonds. The summed E-state index contributed by atoms with van der Waals surface area (Å²) in [6, 6.07) is 10.5. The monoisotopic (exact) mass is 489 g/mol. The molecule has 11 heteroatoms. The highest BCUT2D eigenvalue weighted by Gasteiger charge is 2.33. The summed E-state index contributed by atoms with van der Waals surface area (Å²) in [5, 5.41) is 11.3. The first-order valence-corrected chi connectivity index (χ1v) is 12.3. The van der Waals surface area contributed by atoms with Crippen molar-refractivity contribution in [2.45, 2.75) is 44.1 Å². The summed E-state index contributed by atoms with van der Waals surface area (Å²) >= 11 is 0. The first-order valence-electron chi connectivity index (χ1n) is 10.8. The minimum absolute atomic E-state index is 0.0193. The molecule has 2 aromatic rings. The molecule has 0 aromatic heterocycles. The van der Waals surface area contributed by atoms with Crippen LogP contribution >= 0.6 is 0 Å². The maximum absolute atomic E-state index is 12.9. The second-order valence-corrected chi connectivity index (χ2v) is 10.4. The molecule has 1 fully saturated rings. The van der Waals surface area contributed by atoms with Crippen molar-refractivity contribution < 1.29 is 27.7 Å². The van der Waals surface area contributed by atoms with E-state index in [2.05, 4.69) is 0 Å². The lowest BCUT2D eigenvalue weighted by Gasteiger charge is -2.30. The Morgan fingerprint density at radius 2 is 1.76 bits per heavy atom. The van der Waals surface area contributed by atoms with Crippen LogP contribution in [-0.4, -0.2) is 42.6 Å². The van der Waals surface area contributed by atoms with Crippen LogP contribution in [-0.2, 0) is 26.2 Å². The first kappa shape index (κ1) is 25.3. The fourth-order valence-corrected chi connectivity index (χ4v) is 5.25. The highest BCUT2D eigenvalue weighted by atomic mass is 32.2. The molecule has 0 bridgehead atoms. The summed E-state index contributed by atoms with van der Waals surface area (Å²) in [5.41, 5.74) is 5.95. The van der Waals surface area contributed by atoms with E-state index in [-0.39, 0.29) is 54.2 Å². The summed E-state index contributed by atoms with van der Waals surface area (Å²) in [6.45, 7) is 4.06. The fourth-order valence-electron chi connectivity index (χ4n) is 3.78. The number of esters is 1. The number of nitrogens with two attached hydrogens (primary N) is 1. The van der Waals surface area contributed by atoms with Crippen molar-refractivity contribution in [3.8, 4) is 0 Å². The van der Waals surface area contributed by atoms with Crippen molar-refractivity contribution in [2.24, 2.45) is 11.7 Å². The summed E-state index contributed by atoms with van der Waals surface area (Å²) in [7, 11) is -3.67. The lowest BCUT2D eigenvalue weighted by Crippen LogP contribution is -2.40. The van der Waals surface area contributed by atoms with Crippen molar-refractivity contribution in [1.82, 2.24) is 4.31 Å². The third-order valence-electron chi connectivity index (χ3n) is 5.91. The van der Waals surface area contributed by atoms with E-state index in [1.807, 2.05) is 13.8 Å². The van der Waals surface area contributed by atoms with Crippen LogP contribution in [0.5, 0.6) is 0 Å². The van der Waals surface area contributed by atoms with Gasteiger partial charge in [0.05, 0.1) is 21.3 Å². The number of rotatable bonds is 8. The van der Waals surface area contributed by atoms with Gasteiger partial charge in [0.1, 0.15) is 6.61 Å². The van der Waals surface area contributed by atoms with Gasteiger partial charge in [-0.25, -0.2) is 8.42 Å². The molecule has 0 saturated carbocycles. The number of nitro benzene ring substituents is 1. The number of nitrogens with zero attached hydrogens (tertiary/aromatic N) is 2.